The number of hydrogen-bond acceptors (Lipinski definition) is 7. The third-order valence-electron chi connectivity index (χ3n) is 10.0. The van der Waals surface area contributed by atoms with Crippen LogP contribution in [-0.4, -0.2) is 28.4 Å². The minimum Gasteiger partial charge on any atom is -0.733 e. The Morgan fingerprint density at radius 2 is 1.83 bits per heavy atom. The zero-order valence-electron chi connectivity index (χ0n) is 20.8. The number of esters is 1. The quantitative estimate of drug-likeness (QED) is 0.294. The fourth-order valence-corrected chi connectivity index (χ4v) is 8.72. The van der Waals surface area contributed by atoms with E-state index >= 15 is 0 Å². The van der Waals surface area contributed by atoms with E-state index in [0.717, 1.165) is 44.2 Å². The topological polar surface area (TPSA) is 94.4 Å². The minimum atomic E-state index is -0.182. The lowest BCUT2D eigenvalue weighted by Crippen LogP contribution is -2.56. The second-order valence-electron chi connectivity index (χ2n) is 11.7. The number of carbonyl (C=O) groups is 1. The van der Waals surface area contributed by atoms with E-state index in [1.165, 1.54) is 31.9 Å². The van der Waals surface area contributed by atoms with Crippen LogP contribution in [0, 0.1) is 39.7 Å². The Bertz CT molecular complexity index is 984. The van der Waals surface area contributed by atoms with E-state index < -0.39 is 0 Å². The van der Waals surface area contributed by atoms with Gasteiger partial charge in [0.15, 0.2) is 5.75 Å². The number of benzene rings is 1. The Balaban J connectivity index is 1.29. The number of halogens is 1. The summed E-state index contributed by atoms with van der Waals surface area (Å²) in [6.07, 6.45) is 8.60. The van der Waals surface area contributed by atoms with Gasteiger partial charge >= 0.3 is 5.97 Å². The van der Waals surface area contributed by atoms with Gasteiger partial charge in [-0.25, -0.2) is 0 Å². The Labute approximate surface area is 212 Å². The predicted octanol–water partition coefficient (Wildman–Crippen LogP) is 6.31. The molecule has 1 N–H and O–H groups in total. The molecule has 7 nitrogen and oxygen atoms in total. The van der Waals surface area contributed by atoms with Gasteiger partial charge in [0, 0.05) is 12.3 Å². The SMILES string of the molecule is CC(=O)OC1CCC2C3CCC4CC(=NOc5ccc(N([O-])O)cc5)C(Cl)CC4(C)C3CCC12C. The van der Waals surface area contributed by atoms with Crippen molar-refractivity contribution in [2.45, 2.75) is 83.6 Å². The number of hydrogen-bond donors (Lipinski definition) is 1. The van der Waals surface area contributed by atoms with Crippen LogP contribution in [0.2, 0.25) is 0 Å². The van der Waals surface area contributed by atoms with Gasteiger partial charge in [0.2, 0.25) is 0 Å². The fraction of sp³-hybridized carbons (Fsp3) is 0.704. The molecule has 0 spiro atoms. The monoisotopic (exact) mass is 503 g/mol. The molecule has 5 rings (SSSR count). The van der Waals surface area contributed by atoms with E-state index in [4.69, 9.17) is 26.4 Å². The van der Waals surface area contributed by atoms with Crippen molar-refractivity contribution >= 4 is 29.0 Å². The van der Waals surface area contributed by atoms with Crippen LogP contribution < -0.4 is 10.1 Å². The Morgan fingerprint density at radius 1 is 1.11 bits per heavy atom. The van der Waals surface area contributed by atoms with Crippen molar-refractivity contribution in [3.05, 3.63) is 29.5 Å². The van der Waals surface area contributed by atoms with Crippen LogP contribution in [0.1, 0.15) is 72.1 Å². The zero-order chi connectivity index (χ0) is 25.0. The molecule has 35 heavy (non-hydrogen) atoms. The highest BCUT2D eigenvalue weighted by Gasteiger charge is 2.61. The van der Waals surface area contributed by atoms with E-state index in [2.05, 4.69) is 19.0 Å². The van der Waals surface area contributed by atoms with E-state index in [1.54, 1.807) is 12.1 Å². The molecule has 0 saturated heterocycles. The number of alkyl halides is 1. The lowest BCUT2D eigenvalue weighted by Gasteiger charge is -2.60. The van der Waals surface area contributed by atoms with Gasteiger partial charge in [-0.15, -0.1) is 11.6 Å². The maximum absolute atomic E-state index is 11.7. The summed E-state index contributed by atoms with van der Waals surface area (Å²) in [5, 5.41) is 24.0. The molecular weight excluding hydrogens is 468 g/mol. The number of fused-ring (bicyclic) bond motifs is 5. The molecule has 0 heterocycles. The minimum absolute atomic E-state index is 0.0580. The average Bonchev–Trinajstić information content (AvgIpc) is 3.13. The molecule has 192 valence electrons. The van der Waals surface area contributed by atoms with Gasteiger partial charge in [-0.05, 0) is 105 Å². The Hall–Kier alpha value is -1.83. The van der Waals surface area contributed by atoms with Gasteiger partial charge in [-0.1, -0.05) is 19.0 Å². The second-order valence-corrected chi connectivity index (χ2v) is 12.2. The largest absolute Gasteiger partial charge is 0.733 e. The van der Waals surface area contributed by atoms with Crippen LogP contribution in [-0.2, 0) is 9.53 Å². The van der Waals surface area contributed by atoms with Crippen molar-refractivity contribution in [3.63, 3.8) is 0 Å². The third-order valence-corrected chi connectivity index (χ3v) is 10.5. The van der Waals surface area contributed by atoms with E-state index in [1.807, 2.05) is 0 Å². The number of ether oxygens (including phenoxy) is 1. The predicted molar refractivity (Wildman–Crippen MR) is 134 cm³/mol. The van der Waals surface area contributed by atoms with Gasteiger partial charge in [-0.2, -0.15) is 0 Å². The molecule has 1 aromatic rings. The Morgan fingerprint density at radius 3 is 2.51 bits per heavy atom. The van der Waals surface area contributed by atoms with Crippen molar-refractivity contribution in [1.29, 1.82) is 0 Å². The lowest BCUT2D eigenvalue weighted by atomic mass is 9.45. The van der Waals surface area contributed by atoms with Crippen molar-refractivity contribution in [2.24, 2.45) is 39.7 Å². The summed E-state index contributed by atoms with van der Waals surface area (Å²) in [5.74, 6) is 2.79. The highest BCUT2D eigenvalue weighted by Crippen LogP contribution is 2.66. The first-order valence-electron chi connectivity index (χ1n) is 12.9. The molecule has 0 amide bonds. The summed E-state index contributed by atoms with van der Waals surface area (Å²) in [7, 11) is 0. The van der Waals surface area contributed by atoms with E-state index in [9.17, 15) is 10.0 Å². The van der Waals surface area contributed by atoms with Crippen LogP contribution in [0.4, 0.5) is 5.69 Å². The molecule has 4 aliphatic carbocycles. The lowest BCUT2D eigenvalue weighted by molar-refractivity contribution is -0.160. The molecule has 0 aromatic heterocycles. The molecule has 1 aromatic carbocycles. The molecule has 8 unspecified atom stereocenters. The summed E-state index contributed by atoms with van der Waals surface area (Å²) in [6, 6.07) is 6.16. The standard InChI is InChI=1S/C27H36ClN2O5/c1-16(31)34-25-11-10-21-20-9-4-17-14-24(29-35-19-7-5-18(6-8-19)30(32)33)23(28)15-27(17,3)22(20)12-13-26(21,25)2/h5-8,17,20-23,25,32H,4,9-15H2,1-3H3/q-1. The molecule has 8 heteroatoms. The molecule has 8 atom stereocenters. The molecule has 0 aliphatic heterocycles. The summed E-state index contributed by atoms with van der Waals surface area (Å²) >= 11 is 6.93. The van der Waals surface area contributed by atoms with Gasteiger partial charge < -0.3 is 20.0 Å². The van der Waals surface area contributed by atoms with E-state index in [0.29, 0.717) is 29.4 Å². The molecular formula is C27H36ClN2O5-. The van der Waals surface area contributed by atoms with Crippen molar-refractivity contribution < 1.29 is 19.6 Å². The van der Waals surface area contributed by atoms with Crippen molar-refractivity contribution in [1.82, 2.24) is 0 Å². The number of anilines is 1. The third kappa shape index (κ3) is 4.34. The van der Waals surface area contributed by atoms with Gasteiger partial charge in [-0.3, -0.25) is 10.0 Å². The molecule has 4 aliphatic rings. The van der Waals surface area contributed by atoms with Gasteiger partial charge in [0.1, 0.15) is 6.10 Å². The molecule has 0 bridgehead atoms. The number of oxime groups is 1. The highest BCUT2D eigenvalue weighted by molar-refractivity contribution is 6.32. The van der Waals surface area contributed by atoms with Gasteiger partial charge in [0.25, 0.3) is 0 Å². The molecule has 4 saturated carbocycles. The summed E-state index contributed by atoms with van der Waals surface area (Å²) in [6.45, 7) is 6.34. The summed E-state index contributed by atoms with van der Waals surface area (Å²) in [5.41, 5.74) is 1.30. The average molecular weight is 504 g/mol. The second kappa shape index (κ2) is 9.24. The first kappa shape index (κ1) is 24.8. The maximum Gasteiger partial charge on any atom is 0.302 e. The van der Waals surface area contributed by atoms with Crippen LogP contribution in [0.5, 0.6) is 5.75 Å². The van der Waals surface area contributed by atoms with Crippen molar-refractivity contribution in [3.8, 4) is 5.75 Å². The summed E-state index contributed by atoms with van der Waals surface area (Å²) in [4.78, 5) is 17.4. The normalized spacial score (nSPS) is 41.5. The fourth-order valence-electron chi connectivity index (χ4n) is 8.26. The maximum atomic E-state index is 11.7. The van der Waals surface area contributed by atoms with Crippen LogP contribution in [0.15, 0.2) is 29.4 Å². The number of nitrogens with zero attached hydrogens (tertiary/aromatic N) is 2. The van der Waals surface area contributed by atoms with Crippen LogP contribution >= 0.6 is 11.6 Å². The smallest absolute Gasteiger partial charge is 0.302 e. The summed E-state index contributed by atoms with van der Waals surface area (Å²) < 4.78 is 5.79. The number of rotatable bonds is 4. The molecule has 4 fully saturated rings. The first-order chi connectivity index (χ1) is 16.6. The first-order valence-corrected chi connectivity index (χ1v) is 13.4. The van der Waals surface area contributed by atoms with E-state index in [-0.39, 0.29) is 39.2 Å². The van der Waals surface area contributed by atoms with Crippen molar-refractivity contribution in [2.75, 3.05) is 5.23 Å². The number of carbonyl (C=O) groups excluding carboxylic acids is 1. The zero-order valence-corrected chi connectivity index (χ0v) is 21.5. The molecule has 0 radical (unpaired) electrons. The Kier molecular flexibility index (Phi) is 6.56. The highest BCUT2D eigenvalue weighted by atomic mass is 35.5. The van der Waals surface area contributed by atoms with Crippen LogP contribution in [0.3, 0.4) is 0 Å². The van der Waals surface area contributed by atoms with Gasteiger partial charge in [0.05, 0.1) is 16.8 Å². The van der Waals surface area contributed by atoms with Crippen LogP contribution in [0.25, 0.3) is 0 Å².